The van der Waals surface area contributed by atoms with E-state index in [2.05, 4.69) is 4.90 Å². The van der Waals surface area contributed by atoms with Crippen molar-refractivity contribution in [2.75, 3.05) is 18.6 Å². The minimum Gasteiger partial charge on any atom is -0.497 e. The molecule has 0 amide bonds. The van der Waals surface area contributed by atoms with E-state index in [1.807, 2.05) is 72.8 Å². The van der Waals surface area contributed by atoms with Gasteiger partial charge in [0.15, 0.2) is 0 Å². The van der Waals surface area contributed by atoms with Crippen LogP contribution in [0.4, 0.5) is 11.4 Å². The average molecular weight is 360 g/mol. The van der Waals surface area contributed by atoms with Gasteiger partial charge in [-0.15, -0.1) is 0 Å². The van der Waals surface area contributed by atoms with E-state index in [9.17, 15) is 10.1 Å². The maximum Gasteiger partial charge on any atom is 0.214 e. The first-order valence-electron chi connectivity index (χ1n) is 8.87. The normalized spacial score (nSPS) is 13.0. The Hall–Kier alpha value is -3.34. The van der Waals surface area contributed by atoms with Gasteiger partial charge in [0.25, 0.3) is 0 Å². The first-order chi connectivity index (χ1) is 13.2. The van der Waals surface area contributed by atoms with Gasteiger partial charge in [-0.2, -0.15) is 0 Å². The summed E-state index contributed by atoms with van der Waals surface area (Å²) in [6.07, 6.45) is 0. The van der Waals surface area contributed by atoms with Crippen molar-refractivity contribution in [3.8, 4) is 5.75 Å². The van der Waals surface area contributed by atoms with Crippen molar-refractivity contribution in [2.45, 2.75) is 12.5 Å². The van der Waals surface area contributed by atoms with Crippen molar-refractivity contribution in [2.24, 2.45) is 0 Å². The van der Waals surface area contributed by atoms with Crippen molar-refractivity contribution in [3.63, 3.8) is 0 Å². The van der Waals surface area contributed by atoms with E-state index in [1.165, 1.54) is 0 Å². The van der Waals surface area contributed by atoms with Crippen LogP contribution >= 0.6 is 0 Å². The molecule has 4 rings (SSSR count). The molecule has 0 saturated heterocycles. The van der Waals surface area contributed by atoms with Crippen molar-refractivity contribution >= 4 is 11.4 Å². The third-order valence-electron chi connectivity index (χ3n) is 5.04. The Bertz CT molecular complexity index is 922. The molecule has 0 radical (unpaired) electrons. The highest BCUT2D eigenvalue weighted by molar-refractivity contribution is 5.76. The molecule has 0 N–H and O–H groups in total. The number of fused-ring (bicyclic) bond motifs is 2. The quantitative estimate of drug-likeness (QED) is 0.486. The summed E-state index contributed by atoms with van der Waals surface area (Å²) in [5.74, 6) is 0.587. The Morgan fingerprint density at radius 3 is 2.00 bits per heavy atom. The van der Waals surface area contributed by atoms with Gasteiger partial charge >= 0.3 is 0 Å². The second-order valence-electron chi connectivity index (χ2n) is 6.62. The van der Waals surface area contributed by atoms with E-state index in [4.69, 9.17) is 4.74 Å². The Morgan fingerprint density at radius 1 is 0.926 bits per heavy atom. The molecule has 5 heteroatoms. The molecule has 5 nitrogen and oxygen atoms in total. The monoisotopic (exact) mass is 360 g/mol. The molecule has 0 spiro atoms. The molecule has 3 aromatic rings. The number of ether oxygens (including phenoxy) is 1. The number of anilines is 2. The van der Waals surface area contributed by atoms with E-state index >= 15 is 0 Å². The maximum atomic E-state index is 11.3. The highest BCUT2D eigenvalue weighted by Crippen LogP contribution is 2.46. The van der Waals surface area contributed by atoms with Gasteiger partial charge < -0.3 is 9.64 Å². The van der Waals surface area contributed by atoms with Crippen LogP contribution in [0.1, 0.15) is 22.6 Å². The zero-order valence-electron chi connectivity index (χ0n) is 15.0. The number of nitro groups is 1. The van der Waals surface area contributed by atoms with Crippen molar-refractivity contribution in [1.82, 2.24) is 0 Å². The maximum absolute atomic E-state index is 11.3. The molecule has 3 aromatic carbocycles. The molecule has 0 aromatic heterocycles. The third-order valence-corrected chi connectivity index (χ3v) is 5.04. The lowest BCUT2D eigenvalue weighted by atomic mass is 9.84. The standard InChI is InChI=1S/C22H20N2O3/c1-27-17-12-10-16(11-13-17)14-23-21-8-4-2-6-18(21)20(15-24(25)26)19-7-3-5-9-22(19)23/h2-13,20H,14-15H2,1H3. The summed E-state index contributed by atoms with van der Waals surface area (Å²) in [5, 5.41) is 11.3. The molecule has 27 heavy (non-hydrogen) atoms. The van der Waals surface area contributed by atoms with Crippen LogP contribution in [0.5, 0.6) is 5.75 Å². The smallest absolute Gasteiger partial charge is 0.214 e. The Kier molecular flexibility index (Phi) is 4.50. The first kappa shape index (κ1) is 17.1. The van der Waals surface area contributed by atoms with Gasteiger partial charge in [0.1, 0.15) is 5.75 Å². The topological polar surface area (TPSA) is 55.6 Å². The fourth-order valence-electron chi connectivity index (χ4n) is 3.78. The fraction of sp³-hybridized carbons (Fsp3) is 0.182. The van der Waals surface area contributed by atoms with E-state index in [0.717, 1.165) is 33.8 Å². The molecule has 0 unspecified atom stereocenters. The highest BCUT2D eigenvalue weighted by atomic mass is 16.6. The first-order valence-corrected chi connectivity index (χ1v) is 8.87. The number of rotatable bonds is 5. The molecule has 0 atom stereocenters. The summed E-state index contributed by atoms with van der Waals surface area (Å²) in [5.41, 5.74) is 5.20. The zero-order valence-corrected chi connectivity index (χ0v) is 15.0. The third kappa shape index (κ3) is 3.24. The zero-order chi connectivity index (χ0) is 18.8. The van der Waals surface area contributed by atoms with Crippen molar-refractivity contribution in [3.05, 3.63) is 99.6 Å². The molecule has 136 valence electrons. The summed E-state index contributed by atoms with van der Waals surface area (Å²) in [6, 6.07) is 24.0. The van der Waals surface area contributed by atoms with Gasteiger partial charge in [-0.25, -0.2) is 0 Å². The minimum atomic E-state index is -0.237. The van der Waals surface area contributed by atoms with Crippen LogP contribution < -0.4 is 9.64 Å². The molecule has 1 heterocycles. The van der Waals surface area contributed by atoms with E-state index < -0.39 is 0 Å². The lowest BCUT2D eigenvalue weighted by Gasteiger charge is -2.36. The molecular weight excluding hydrogens is 340 g/mol. The van der Waals surface area contributed by atoms with Gasteiger partial charge in [-0.3, -0.25) is 10.1 Å². The summed E-state index contributed by atoms with van der Waals surface area (Å²) in [4.78, 5) is 13.3. The van der Waals surface area contributed by atoms with Gasteiger partial charge in [0, 0.05) is 22.8 Å². The minimum absolute atomic E-state index is 0.107. The number of nitrogens with zero attached hydrogens (tertiary/aromatic N) is 2. The number of benzene rings is 3. The van der Waals surface area contributed by atoms with E-state index in [-0.39, 0.29) is 17.4 Å². The molecular formula is C22H20N2O3. The Balaban J connectivity index is 1.79. The predicted octanol–water partition coefficient (Wildman–Crippen LogP) is 4.76. The lowest BCUT2D eigenvalue weighted by Crippen LogP contribution is -2.28. The van der Waals surface area contributed by atoms with Crippen LogP contribution in [-0.2, 0) is 6.54 Å². The lowest BCUT2D eigenvalue weighted by molar-refractivity contribution is -0.481. The van der Waals surface area contributed by atoms with Crippen LogP contribution in [0.15, 0.2) is 72.8 Å². The van der Waals surface area contributed by atoms with Gasteiger partial charge in [-0.05, 0) is 41.0 Å². The van der Waals surface area contributed by atoms with Gasteiger partial charge in [0.05, 0.1) is 13.0 Å². The Morgan fingerprint density at radius 2 is 1.48 bits per heavy atom. The second kappa shape index (κ2) is 7.11. The van der Waals surface area contributed by atoms with E-state index in [1.54, 1.807) is 7.11 Å². The van der Waals surface area contributed by atoms with Gasteiger partial charge in [0.2, 0.25) is 6.54 Å². The Labute approximate surface area is 158 Å². The van der Waals surface area contributed by atoms with Crippen LogP contribution in [-0.4, -0.2) is 18.6 Å². The van der Waals surface area contributed by atoms with Crippen LogP contribution in [0.3, 0.4) is 0 Å². The highest BCUT2D eigenvalue weighted by Gasteiger charge is 2.32. The van der Waals surface area contributed by atoms with Crippen molar-refractivity contribution < 1.29 is 9.66 Å². The van der Waals surface area contributed by atoms with Crippen molar-refractivity contribution in [1.29, 1.82) is 0 Å². The van der Waals surface area contributed by atoms with Crippen LogP contribution in [0.25, 0.3) is 0 Å². The summed E-state index contributed by atoms with van der Waals surface area (Å²) < 4.78 is 5.25. The molecule has 1 aliphatic heterocycles. The fourth-order valence-corrected chi connectivity index (χ4v) is 3.78. The summed E-state index contributed by atoms with van der Waals surface area (Å²) >= 11 is 0. The average Bonchev–Trinajstić information content (AvgIpc) is 2.70. The largest absolute Gasteiger partial charge is 0.497 e. The molecule has 0 fully saturated rings. The molecule has 1 aliphatic rings. The van der Waals surface area contributed by atoms with Crippen LogP contribution in [0.2, 0.25) is 0 Å². The molecule has 0 aliphatic carbocycles. The van der Waals surface area contributed by atoms with Gasteiger partial charge in [-0.1, -0.05) is 48.5 Å². The summed E-state index contributed by atoms with van der Waals surface area (Å²) in [6.45, 7) is 0.577. The predicted molar refractivity (Wildman–Crippen MR) is 105 cm³/mol. The number of hydrogen-bond donors (Lipinski definition) is 0. The molecule has 0 bridgehead atoms. The second-order valence-corrected chi connectivity index (χ2v) is 6.62. The number of hydrogen-bond acceptors (Lipinski definition) is 4. The van der Waals surface area contributed by atoms with E-state index in [0.29, 0.717) is 6.54 Å². The SMILES string of the molecule is COc1ccc(CN2c3ccccc3C(C[N+](=O)[O-])c3ccccc32)cc1. The number of methoxy groups -OCH3 is 1. The number of para-hydroxylation sites is 2. The summed E-state index contributed by atoms with van der Waals surface area (Å²) in [7, 11) is 1.65. The molecule has 0 saturated carbocycles. The van der Waals surface area contributed by atoms with Crippen LogP contribution in [0, 0.1) is 10.1 Å².